The zero-order chi connectivity index (χ0) is 12.0. The molecule has 0 saturated heterocycles. The molecule has 0 atom stereocenters. The van der Waals surface area contributed by atoms with E-state index in [0.29, 0.717) is 0 Å². The van der Waals surface area contributed by atoms with Gasteiger partial charge in [-0.3, -0.25) is 4.79 Å². The largest absolute Gasteiger partial charge is 0.504 e. The molecule has 1 aromatic heterocycles. The number of phenols is 3. The highest BCUT2D eigenvalue weighted by Gasteiger charge is 2.20. The van der Waals surface area contributed by atoms with Crippen molar-refractivity contribution in [1.82, 2.24) is 0 Å². The van der Waals surface area contributed by atoms with Gasteiger partial charge in [0.15, 0.2) is 23.0 Å². The fourth-order valence-electron chi connectivity index (χ4n) is 1.54. The summed E-state index contributed by atoms with van der Waals surface area (Å²) < 4.78 is 5.20. The predicted molar refractivity (Wildman–Crippen MR) is 59.4 cm³/mol. The summed E-state index contributed by atoms with van der Waals surface area (Å²) in [6.07, 6.45) is 0. The minimum absolute atomic E-state index is 0.0680. The Bertz CT molecular complexity index is 554. The highest BCUT2D eigenvalue weighted by atomic mass is 16.4. The van der Waals surface area contributed by atoms with E-state index >= 15 is 0 Å². The Labute approximate surface area is 91.3 Å². The lowest BCUT2D eigenvalue weighted by molar-refractivity contribution is 0.0989. The van der Waals surface area contributed by atoms with Crippen molar-refractivity contribution in [3.05, 3.63) is 11.8 Å². The first-order valence-electron chi connectivity index (χ1n) is 4.61. The maximum Gasteiger partial charge on any atom is 0.200 e. The zero-order valence-corrected chi connectivity index (χ0v) is 8.74. The Morgan fingerprint density at radius 2 is 1.88 bits per heavy atom. The van der Waals surface area contributed by atoms with Crippen LogP contribution in [0.5, 0.6) is 17.2 Å². The van der Waals surface area contributed by atoms with E-state index in [-0.39, 0.29) is 28.0 Å². The minimum Gasteiger partial charge on any atom is -0.504 e. The van der Waals surface area contributed by atoms with E-state index < -0.39 is 17.2 Å². The lowest BCUT2D eigenvalue weighted by atomic mass is 9.92. The number of rotatable bonds is 1. The Morgan fingerprint density at radius 1 is 1.25 bits per heavy atom. The van der Waals surface area contributed by atoms with Gasteiger partial charge in [-0.2, -0.15) is 0 Å². The summed E-state index contributed by atoms with van der Waals surface area (Å²) in [4.78, 5) is 11.1. The summed E-state index contributed by atoms with van der Waals surface area (Å²) in [5.74, 6) is -1.78. The molecular weight excluding hydrogens is 211 g/mol. The molecule has 0 aliphatic rings. The van der Waals surface area contributed by atoms with Crippen molar-refractivity contribution in [3.8, 4) is 17.2 Å². The number of hydrogen-bond donors (Lipinski definition) is 3. The molecule has 0 spiro atoms. The van der Waals surface area contributed by atoms with Gasteiger partial charge < -0.3 is 19.7 Å². The first-order valence-corrected chi connectivity index (χ1v) is 4.61. The molecule has 0 radical (unpaired) electrons. The molecule has 6 heteroatoms. The molecule has 2 rings (SSSR count). The number of hydrogen-bond acceptors (Lipinski definition) is 5. The third-order valence-electron chi connectivity index (χ3n) is 2.48. The molecule has 0 aliphatic carbocycles. The molecule has 1 aromatic carbocycles. The van der Waals surface area contributed by atoms with E-state index in [9.17, 15) is 20.1 Å². The second-order valence-corrected chi connectivity index (χ2v) is 3.58. The van der Waals surface area contributed by atoms with Gasteiger partial charge in [0.25, 0.3) is 0 Å². The van der Waals surface area contributed by atoms with E-state index in [1.54, 1.807) is 0 Å². The summed E-state index contributed by atoms with van der Waals surface area (Å²) in [7, 11) is 1.52. The number of fused-ring (bicyclic) bond motifs is 1. The lowest BCUT2D eigenvalue weighted by Gasteiger charge is -2.04. The smallest absolute Gasteiger partial charge is 0.200 e. The number of furan rings is 1. The molecule has 0 unspecified atom stereocenters. The molecule has 0 fully saturated rings. The van der Waals surface area contributed by atoms with Gasteiger partial charge in [0, 0.05) is 6.92 Å². The van der Waals surface area contributed by atoms with Crippen molar-refractivity contribution in [2.75, 3.05) is 0 Å². The van der Waals surface area contributed by atoms with Gasteiger partial charge in [0.1, 0.15) is 13.4 Å². The lowest BCUT2D eigenvalue weighted by Crippen LogP contribution is -2.03. The predicted octanol–water partition coefficient (Wildman–Crippen LogP) is 0.0106. The summed E-state index contributed by atoms with van der Waals surface area (Å²) in [5.41, 5.74) is 0.468. The van der Waals surface area contributed by atoms with Crippen LogP contribution in [0.15, 0.2) is 10.5 Å². The van der Waals surface area contributed by atoms with E-state index in [1.807, 2.05) is 0 Å². The Morgan fingerprint density at radius 3 is 2.44 bits per heavy atom. The normalized spacial score (nSPS) is 10.8. The van der Waals surface area contributed by atoms with Crippen LogP contribution < -0.4 is 5.46 Å². The summed E-state index contributed by atoms with van der Waals surface area (Å²) in [6, 6.07) is 1.33. The second-order valence-electron chi connectivity index (χ2n) is 3.58. The Kier molecular flexibility index (Phi) is 2.08. The quantitative estimate of drug-likeness (QED) is 0.357. The number of carbonyl (C=O) groups excluding carboxylic acids is 1. The molecular formula is C10H9BO5. The summed E-state index contributed by atoms with van der Waals surface area (Å²) in [5, 5.41) is 28.7. The van der Waals surface area contributed by atoms with Crippen LogP contribution in [0.2, 0.25) is 0 Å². The highest BCUT2D eigenvalue weighted by Crippen LogP contribution is 2.40. The number of ketones is 1. The molecule has 82 valence electrons. The van der Waals surface area contributed by atoms with Gasteiger partial charge in [0.05, 0.1) is 5.39 Å². The van der Waals surface area contributed by atoms with Gasteiger partial charge >= 0.3 is 0 Å². The molecule has 0 amide bonds. The molecule has 1 heterocycles. The van der Waals surface area contributed by atoms with Crippen LogP contribution in [0.1, 0.15) is 17.5 Å². The molecule has 2 aromatic rings. The van der Waals surface area contributed by atoms with Gasteiger partial charge in [0.2, 0.25) is 5.75 Å². The van der Waals surface area contributed by atoms with Gasteiger partial charge in [-0.1, -0.05) is 0 Å². The maximum absolute atomic E-state index is 11.1. The monoisotopic (exact) mass is 220 g/mol. The maximum atomic E-state index is 11.1. The van der Waals surface area contributed by atoms with Crippen LogP contribution in [0, 0.1) is 0 Å². The topological polar surface area (TPSA) is 90.9 Å². The fraction of sp³-hybridized carbons (Fsp3) is 0.100. The fourth-order valence-corrected chi connectivity index (χ4v) is 1.54. The Hall–Kier alpha value is -2.11. The van der Waals surface area contributed by atoms with Crippen LogP contribution in [-0.2, 0) is 0 Å². The molecule has 16 heavy (non-hydrogen) atoms. The average Bonchev–Trinajstić information content (AvgIpc) is 2.68. The van der Waals surface area contributed by atoms with Crippen LogP contribution in [0.25, 0.3) is 11.0 Å². The minimum atomic E-state index is -0.610. The van der Waals surface area contributed by atoms with Crippen LogP contribution in [0.4, 0.5) is 0 Å². The molecule has 5 nitrogen and oxygen atoms in total. The molecule has 0 aliphatic heterocycles. The molecule has 0 bridgehead atoms. The Balaban J connectivity index is 2.92. The van der Waals surface area contributed by atoms with E-state index in [1.165, 1.54) is 20.8 Å². The highest BCUT2D eigenvalue weighted by molar-refractivity contribution is 6.40. The van der Waals surface area contributed by atoms with Crippen molar-refractivity contribution < 1.29 is 24.5 Å². The van der Waals surface area contributed by atoms with Crippen LogP contribution in [0.3, 0.4) is 0 Å². The average molecular weight is 220 g/mol. The van der Waals surface area contributed by atoms with Gasteiger partial charge in [-0.05, 0) is 11.5 Å². The van der Waals surface area contributed by atoms with E-state index in [4.69, 9.17) is 4.42 Å². The first-order chi connectivity index (χ1) is 7.43. The zero-order valence-electron chi connectivity index (χ0n) is 8.74. The van der Waals surface area contributed by atoms with Crippen molar-refractivity contribution >= 4 is 30.1 Å². The summed E-state index contributed by atoms with van der Waals surface area (Å²) in [6.45, 7) is 1.32. The number of phenolic OH excluding ortho intramolecular Hbond substituents is 3. The van der Waals surface area contributed by atoms with E-state index in [0.717, 1.165) is 0 Å². The third kappa shape index (κ3) is 1.23. The molecule has 0 saturated carbocycles. The van der Waals surface area contributed by atoms with Crippen molar-refractivity contribution in [3.63, 3.8) is 0 Å². The molecule has 3 N–H and O–H groups in total. The van der Waals surface area contributed by atoms with E-state index in [2.05, 4.69) is 0 Å². The number of Topliss-reactive ketones (excluding diaryl/α,β-unsaturated/α-hetero) is 1. The summed E-state index contributed by atoms with van der Waals surface area (Å²) >= 11 is 0. The number of aromatic hydroxyl groups is 3. The first kappa shape index (κ1) is 10.4. The van der Waals surface area contributed by atoms with Crippen molar-refractivity contribution in [1.29, 1.82) is 0 Å². The van der Waals surface area contributed by atoms with Crippen LogP contribution in [-0.4, -0.2) is 28.9 Å². The third-order valence-corrected chi connectivity index (χ3v) is 2.48. The van der Waals surface area contributed by atoms with Crippen molar-refractivity contribution in [2.24, 2.45) is 0 Å². The SMILES string of the molecule is Bc1c(O)c(O)c(O)c2cc(C(C)=O)oc12. The second kappa shape index (κ2) is 3.20. The van der Waals surface area contributed by atoms with Crippen molar-refractivity contribution in [2.45, 2.75) is 6.92 Å². The number of carbonyl (C=O) groups is 1. The number of benzene rings is 1. The standard InChI is InChI=1S/C10H9BO5/c1-3(12)5-2-4-7(13)9(15)8(14)6(11)10(4)16-5/h2,13-15H,11H2,1H3. The van der Waals surface area contributed by atoms with Crippen LogP contribution >= 0.6 is 0 Å². The van der Waals surface area contributed by atoms with Gasteiger partial charge in [-0.15, -0.1) is 0 Å². The van der Waals surface area contributed by atoms with Gasteiger partial charge in [-0.25, -0.2) is 0 Å².